The maximum Gasteiger partial charge on any atom is 0.170 e. The third-order valence-electron chi connectivity index (χ3n) is 5.56. The smallest absolute Gasteiger partial charge is 0.170 e. The van der Waals surface area contributed by atoms with E-state index in [0.717, 1.165) is 26.3 Å². The molecule has 178 valence electrons. The van der Waals surface area contributed by atoms with E-state index in [1.807, 2.05) is 13.8 Å². The maximum atomic E-state index is 5.62. The number of likely N-dealkylation sites (N-methyl/N-ethyl adjacent to an activating group) is 1. The molecule has 0 saturated carbocycles. The molecule has 0 aliphatic carbocycles. The summed E-state index contributed by atoms with van der Waals surface area (Å²) in [6.07, 6.45) is 22.7. The summed E-state index contributed by atoms with van der Waals surface area (Å²) < 4.78 is 11.2. The molecule has 0 atom stereocenters. The van der Waals surface area contributed by atoms with Crippen molar-refractivity contribution in [3.05, 3.63) is 0 Å². The van der Waals surface area contributed by atoms with Gasteiger partial charge in [0.2, 0.25) is 0 Å². The van der Waals surface area contributed by atoms with E-state index in [0.29, 0.717) is 0 Å². The highest BCUT2D eigenvalue weighted by Crippen LogP contribution is 2.13. The molecule has 0 aliphatic rings. The molecule has 0 saturated heterocycles. The minimum Gasteiger partial charge on any atom is -0.352 e. The van der Waals surface area contributed by atoms with E-state index in [9.17, 15) is 0 Å². The molecule has 29 heavy (non-hydrogen) atoms. The molecule has 0 amide bonds. The molecule has 0 radical (unpaired) electrons. The van der Waals surface area contributed by atoms with Crippen molar-refractivity contribution in [3.63, 3.8) is 0 Å². The van der Waals surface area contributed by atoms with Crippen LogP contribution in [0.2, 0.25) is 0 Å². The molecule has 0 spiro atoms. The lowest BCUT2D eigenvalue weighted by molar-refractivity contribution is -0.145. The zero-order valence-corrected chi connectivity index (χ0v) is 22.1. The lowest BCUT2D eigenvalue weighted by atomic mass is 10.0. The van der Waals surface area contributed by atoms with Crippen molar-refractivity contribution < 1.29 is 9.47 Å². The lowest BCUT2D eigenvalue weighted by Gasteiger charge is -2.23. The third kappa shape index (κ3) is 24.5. The van der Waals surface area contributed by atoms with E-state index in [4.69, 9.17) is 9.47 Å². The molecule has 0 aliphatic heterocycles. The van der Waals surface area contributed by atoms with Gasteiger partial charge in [0, 0.05) is 19.8 Å². The summed E-state index contributed by atoms with van der Waals surface area (Å²) >= 11 is 0. The zero-order valence-electron chi connectivity index (χ0n) is 20.4. The summed E-state index contributed by atoms with van der Waals surface area (Å²) in [5.74, 6) is 0. The predicted molar refractivity (Wildman–Crippen MR) is 134 cm³/mol. The summed E-state index contributed by atoms with van der Waals surface area (Å²) in [6, 6.07) is 0. The van der Waals surface area contributed by atoms with E-state index in [-0.39, 0.29) is 23.3 Å². The molecular weight excluding hydrogens is 426 g/mol. The largest absolute Gasteiger partial charge is 0.352 e. The molecular formula is C25H54BrNO2. The fourth-order valence-corrected chi connectivity index (χ4v) is 3.80. The second kappa shape index (κ2) is 26.4. The first-order chi connectivity index (χ1) is 13.7. The van der Waals surface area contributed by atoms with E-state index >= 15 is 0 Å². The summed E-state index contributed by atoms with van der Waals surface area (Å²) in [6.45, 7) is 9.82. The van der Waals surface area contributed by atoms with Gasteiger partial charge in [-0.2, -0.15) is 0 Å². The van der Waals surface area contributed by atoms with Gasteiger partial charge >= 0.3 is 0 Å². The van der Waals surface area contributed by atoms with E-state index in [1.165, 1.54) is 103 Å². The Morgan fingerprint density at radius 3 is 1.24 bits per heavy atom. The van der Waals surface area contributed by atoms with Crippen molar-refractivity contribution in [1.29, 1.82) is 0 Å². The van der Waals surface area contributed by atoms with Gasteiger partial charge in [-0.15, -0.1) is 17.0 Å². The average Bonchev–Trinajstić information content (AvgIpc) is 2.68. The van der Waals surface area contributed by atoms with Gasteiger partial charge in [-0.25, -0.2) is 0 Å². The van der Waals surface area contributed by atoms with Gasteiger partial charge in [-0.05, 0) is 33.9 Å². The molecule has 0 unspecified atom stereocenters. The van der Waals surface area contributed by atoms with Crippen LogP contribution >= 0.6 is 17.0 Å². The molecule has 4 heteroatoms. The van der Waals surface area contributed by atoms with Crippen molar-refractivity contribution in [2.24, 2.45) is 0 Å². The van der Waals surface area contributed by atoms with E-state index < -0.39 is 0 Å². The second-order valence-corrected chi connectivity index (χ2v) is 8.41. The number of rotatable bonds is 23. The van der Waals surface area contributed by atoms with Crippen LogP contribution in [0.4, 0.5) is 0 Å². The Bertz CT molecular complexity index is 286. The van der Waals surface area contributed by atoms with Gasteiger partial charge in [-0.3, -0.25) is 0 Å². The molecule has 0 aromatic carbocycles. The van der Waals surface area contributed by atoms with Crippen LogP contribution in [-0.2, 0) is 9.47 Å². The van der Waals surface area contributed by atoms with Crippen LogP contribution < -0.4 is 0 Å². The molecule has 0 bridgehead atoms. The highest BCUT2D eigenvalue weighted by atomic mass is 79.9. The summed E-state index contributed by atoms with van der Waals surface area (Å²) in [5.41, 5.74) is 0. The minimum absolute atomic E-state index is 0. The first-order valence-electron chi connectivity index (χ1n) is 12.7. The molecule has 0 aromatic rings. The van der Waals surface area contributed by atoms with Gasteiger partial charge in [-0.1, -0.05) is 103 Å². The average molecular weight is 481 g/mol. The Balaban J connectivity index is 0. The number of halogens is 1. The number of ether oxygens (including phenoxy) is 2. The Kier molecular flexibility index (Phi) is 28.7. The van der Waals surface area contributed by atoms with Crippen molar-refractivity contribution in [2.45, 2.75) is 130 Å². The van der Waals surface area contributed by atoms with Crippen LogP contribution in [0.1, 0.15) is 124 Å². The van der Waals surface area contributed by atoms with Crippen LogP contribution in [-0.4, -0.2) is 44.5 Å². The van der Waals surface area contributed by atoms with Crippen LogP contribution in [0.25, 0.3) is 0 Å². The number of hydrogen-bond acceptors (Lipinski definition) is 3. The Hall–Kier alpha value is 0.360. The first kappa shape index (κ1) is 31.5. The maximum absolute atomic E-state index is 5.62. The van der Waals surface area contributed by atoms with E-state index in [1.54, 1.807) is 0 Å². The number of hydrogen-bond donors (Lipinski definition) is 0. The summed E-state index contributed by atoms with van der Waals surface area (Å²) in [5, 5.41) is 0. The quantitative estimate of drug-likeness (QED) is 0.109. The van der Waals surface area contributed by atoms with Crippen molar-refractivity contribution in [1.82, 2.24) is 4.90 Å². The number of nitrogens with zero attached hydrogens (tertiary/aromatic N) is 1. The van der Waals surface area contributed by atoms with E-state index in [2.05, 4.69) is 18.9 Å². The summed E-state index contributed by atoms with van der Waals surface area (Å²) in [7, 11) is 2.18. The fourth-order valence-electron chi connectivity index (χ4n) is 3.80. The van der Waals surface area contributed by atoms with Crippen molar-refractivity contribution in [3.8, 4) is 0 Å². The van der Waals surface area contributed by atoms with Gasteiger partial charge in [0.15, 0.2) is 6.29 Å². The third-order valence-corrected chi connectivity index (χ3v) is 5.56. The van der Waals surface area contributed by atoms with Crippen molar-refractivity contribution in [2.75, 3.05) is 33.4 Å². The Morgan fingerprint density at radius 1 is 0.552 bits per heavy atom. The molecule has 0 heterocycles. The molecule has 0 rings (SSSR count). The zero-order chi connectivity index (χ0) is 20.7. The second-order valence-electron chi connectivity index (χ2n) is 8.41. The van der Waals surface area contributed by atoms with Gasteiger partial charge < -0.3 is 14.4 Å². The van der Waals surface area contributed by atoms with Crippen LogP contribution in [0.3, 0.4) is 0 Å². The lowest BCUT2D eigenvalue weighted by Crippen LogP contribution is -2.33. The van der Waals surface area contributed by atoms with Crippen LogP contribution in [0, 0.1) is 0 Å². The fraction of sp³-hybridized carbons (Fsp3) is 1.00. The standard InChI is InChI=1S/C25H53NO2.BrH/c1-5-8-9-10-11-12-13-14-15-16-17-18-19-20-21-22-23-26(4)24-25(27-6-2)28-7-3;/h25H,5-24H2,1-4H3;1H. The monoisotopic (exact) mass is 479 g/mol. The van der Waals surface area contributed by atoms with Crippen LogP contribution in [0.15, 0.2) is 0 Å². The topological polar surface area (TPSA) is 21.7 Å². The highest BCUT2D eigenvalue weighted by molar-refractivity contribution is 8.93. The van der Waals surface area contributed by atoms with Gasteiger partial charge in [0.25, 0.3) is 0 Å². The van der Waals surface area contributed by atoms with Crippen molar-refractivity contribution >= 4 is 17.0 Å². The molecule has 0 aromatic heterocycles. The molecule has 3 nitrogen and oxygen atoms in total. The summed E-state index contributed by atoms with van der Waals surface area (Å²) in [4.78, 5) is 2.35. The van der Waals surface area contributed by atoms with Gasteiger partial charge in [0.1, 0.15) is 0 Å². The Morgan fingerprint density at radius 2 is 0.897 bits per heavy atom. The molecule has 0 fully saturated rings. The molecule has 0 N–H and O–H groups in total. The minimum atomic E-state index is -0.0685. The first-order valence-corrected chi connectivity index (χ1v) is 12.7. The van der Waals surface area contributed by atoms with Gasteiger partial charge in [0.05, 0.1) is 0 Å². The predicted octanol–water partition coefficient (Wildman–Crippen LogP) is 8.16. The normalized spacial score (nSPS) is 11.4. The Labute approximate surface area is 194 Å². The highest BCUT2D eigenvalue weighted by Gasteiger charge is 2.10. The SMILES string of the molecule is Br.CCCCCCCCCCCCCCCCCCN(C)CC(OCC)OCC. The van der Waals surface area contributed by atoms with Crippen LogP contribution in [0.5, 0.6) is 0 Å². The number of unbranched alkanes of at least 4 members (excludes halogenated alkanes) is 15.